The number of fused-ring (bicyclic) bond motifs is 1. The molecule has 0 radical (unpaired) electrons. The van der Waals surface area contributed by atoms with Crippen LogP contribution in [0.15, 0.2) is 25.3 Å². The van der Waals surface area contributed by atoms with Crippen molar-refractivity contribution in [1.29, 1.82) is 0 Å². The van der Waals surface area contributed by atoms with E-state index in [-0.39, 0.29) is 48.1 Å². The molecule has 3 fully saturated rings. The predicted molar refractivity (Wildman–Crippen MR) is 132 cm³/mol. The first-order chi connectivity index (χ1) is 15.7. The van der Waals surface area contributed by atoms with Crippen molar-refractivity contribution in [2.75, 3.05) is 32.8 Å². The normalized spacial score (nSPS) is 32.2. The number of carbonyl (C=O) groups excluding carboxylic acids is 3. The molecule has 33 heavy (non-hydrogen) atoms. The van der Waals surface area contributed by atoms with Gasteiger partial charge in [-0.15, -0.1) is 24.9 Å². The summed E-state index contributed by atoms with van der Waals surface area (Å²) in [5.74, 6) is -1.18. The smallest absolute Gasteiger partial charge is 0.247 e. The van der Waals surface area contributed by atoms with Crippen LogP contribution in [0, 0.1) is 17.8 Å². The number of aliphatic hydroxyl groups excluding tert-OH is 1. The van der Waals surface area contributed by atoms with Crippen LogP contribution in [0.5, 0.6) is 0 Å². The first kappa shape index (κ1) is 25.8. The van der Waals surface area contributed by atoms with Gasteiger partial charge in [0.1, 0.15) is 6.04 Å². The van der Waals surface area contributed by atoms with Crippen LogP contribution in [0.4, 0.5) is 0 Å². The van der Waals surface area contributed by atoms with Gasteiger partial charge in [-0.2, -0.15) is 0 Å². The third kappa shape index (κ3) is 4.03. The summed E-state index contributed by atoms with van der Waals surface area (Å²) in [5.41, 5.74) is 0. The van der Waals surface area contributed by atoms with E-state index in [1.165, 1.54) is 0 Å². The van der Waals surface area contributed by atoms with E-state index in [9.17, 15) is 19.5 Å². The molecule has 3 aliphatic rings. The van der Waals surface area contributed by atoms with Crippen LogP contribution in [0.25, 0.3) is 0 Å². The Morgan fingerprint density at radius 3 is 2.48 bits per heavy atom. The quantitative estimate of drug-likeness (QED) is 0.461. The number of hydrogen-bond acceptors (Lipinski definition) is 5. The van der Waals surface area contributed by atoms with E-state index in [0.717, 1.165) is 12.8 Å². The summed E-state index contributed by atoms with van der Waals surface area (Å²) in [5, 5.41) is 9.78. The predicted octanol–water partition coefficient (Wildman–Crippen LogP) is 2.16. The maximum Gasteiger partial charge on any atom is 0.247 e. The Hall–Kier alpha value is -1.80. The second-order valence-electron chi connectivity index (χ2n) is 9.75. The van der Waals surface area contributed by atoms with Crippen molar-refractivity contribution in [3.63, 3.8) is 0 Å². The fraction of sp³-hybridized carbons (Fsp3) is 0.720. The summed E-state index contributed by atoms with van der Waals surface area (Å²) >= 11 is 1.67. The van der Waals surface area contributed by atoms with Crippen molar-refractivity contribution in [1.82, 2.24) is 14.7 Å². The standard InChI is InChI=1S/C25H39N3O4S/c1-7-10-26(11-8-2)22(30)19-18-15-17(6)25(33-18)20(19)23(31)28(13-14-29)21(25)24(32)27(12-9-3)16(4)5/h7,9,16-21,29H,1,3,8,10-15H2,2,4-6H3/t17?,18-,19+,20-,21?,25?/m0/s1. The van der Waals surface area contributed by atoms with Crippen LogP contribution in [-0.4, -0.2) is 92.4 Å². The molecule has 3 heterocycles. The van der Waals surface area contributed by atoms with E-state index >= 15 is 0 Å². The first-order valence-corrected chi connectivity index (χ1v) is 13.0. The zero-order valence-corrected chi connectivity index (χ0v) is 21.2. The van der Waals surface area contributed by atoms with E-state index in [1.807, 2.05) is 20.8 Å². The van der Waals surface area contributed by atoms with Gasteiger partial charge >= 0.3 is 0 Å². The number of nitrogens with zero attached hydrogens (tertiary/aromatic N) is 3. The molecule has 1 N–H and O–H groups in total. The highest BCUT2D eigenvalue weighted by atomic mass is 32.2. The van der Waals surface area contributed by atoms with Gasteiger partial charge in [0.05, 0.1) is 23.2 Å². The molecule has 0 aliphatic carbocycles. The molecule has 1 spiro atoms. The fourth-order valence-corrected chi connectivity index (χ4v) is 8.62. The minimum Gasteiger partial charge on any atom is -0.395 e. The summed E-state index contributed by atoms with van der Waals surface area (Å²) in [6.07, 6.45) is 5.06. The van der Waals surface area contributed by atoms with Crippen LogP contribution in [0.2, 0.25) is 0 Å². The summed E-state index contributed by atoms with van der Waals surface area (Å²) in [4.78, 5) is 46.7. The van der Waals surface area contributed by atoms with Crippen LogP contribution in [0.3, 0.4) is 0 Å². The highest BCUT2D eigenvalue weighted by molar-refractivity contribution is 8.02. The average Bonchev–Trinajstić information content (AvgIpc) is 3.35. The number of hydrogen-bond donors (Lipinski definition) is 1. The van der Waals surface area contributed by atoms with Gasteiger partial charge in [0.2, 0.25) is 17.7 Å². The fourth-order valence-electron chi connectivity index (χ4n) is 6.21. The summed E-state index contributed by atoms with van der Waals surface area (Å²) < 4.78 is -0.658. The van der Waals surface area contributed by atoms with E-state index in [0.29, 0.717) is 19.6 Å². The van der Waals surface area contributed by atoms with E-state index in [2.05, 4.69) is 20.1 Å². The van der Waals surface area contributed by atoms with E-state index in [1.54, 1.807) is 38.6 Å². The van der Waals surface area contributed by atoms with Gasteiger partial charge in [-0.05, 0) is 32.6 Å². The second kappa shape index (κ2) is 10.2. The molecule has 2 bridgehead atoms. The molecule has 3 rings (SSSR count). The Labute approximate surface area is 202 Å². The van der Waals surface area contributed by atoms with Gasteiger partial charge < -0.3 is 19.8 Å². The average molecular weight is 478 g/mol. The van der Waals surface area contributed by atoms with E-state index < -0.39 is 22.6 Å². The Kier molecular flexibility index (Phi) is 7.99. The number of rotatable bonds is 11. The van der Waals surface area contributed by atoms with Crippen LogP contribution in [-0.2, 0) is 14.4 Å². The van der Waals surface area contributed by atoms with Crippen molar-refractivity contribution < 1.29 is 19.5 Å². The lowest BCUT2D eigenvalue weighted by Crippen LogP contribution is -2.58. The van der Waals surface area contributed by atoms with Gasteiger partial charge in [0.25, 0.3) is 0 Å². The third-order valence-electron chi connectivity index (χ3n) is 7.49. The number of thioether (sulfide) groups is 1. The molecule has 3 saturated heterocycles. The Morgan fingerprint density at radius 1 is 1.27 bits per heavy atom. The van der Waals surface area contributed by atoms with Crippen molar-refractivity contribution in [3.8, 4) is 0 Å². The van der Waals surface area contributed by atoms with Crippen molar-refractivity contribution >= 4 is 29.5 Å². The molecule has 0 aromatic carbocycles. The lowest BCUT2D eigenvalue weighted by Gasteiger charge is -2.41. The molecule has 0 aromatic heterocycles. The Bertz CT molecular complexity index is 803. The minimum atomic E-state index is -0.689. The summed E-state index contributed by atoms with van der Waals surface area (Å²) in [6, 6.07) is -0.743. The second-order valence-corrected chi connectivity index (χ2v) is 11.3. The molecular formula is C25H39N3O4S. The van der Waals surface area contributed by atoms with Gasteiger partial charge in [-0.3, -0.25) is 14.4 Å². The van der Waals surface area contributed by atoms with Crippen molar-refractivity contribution in [2.45, 2.75) is 62.6 Å². The summed E-state index contributed by atoms with van der Waals surface area (Å²) in [7, 11) is 0. The molecule has 0 aromatic rings. The molecular weight excluding hydrogens is 438 g/mol. The maximum absolute atomic E-state index is 14.0. The zero-order valence-electron chi connectivity index (χ0n) is 20.4. The maximum atomic E-state index is 14.0. The largest absolute Gasteiger partial charge is 0.395 e. The zero-order chi connectivity index (χ0) is 24.5. The van der Waals surface area contributed by atoms with E-state index in [4.69, 9.17) is 0 Å². The molecule has 3 aliphatic heterocycles. The minimum absolute atomic E-state index is 0.00905. The molecule has 6 atom stereocenters. The topological polar surface area (TPSA) is 81.2 Å². The lowest BCUT2D eigenvalue weighted by molar-refractivity contribution is -0.145. The van der Waals surface area contributed by atoms with Crippen LogP contribution >= 0.6 is 11.8 Å². The molecule has 7 nitrogen and oxygen atoms in total. The molecule has 0 saturated carbocycles. The lowest BCUT2D eigenvalue weighted by atomic mass is 9.65. The molecule has 8 heteroatoms. The van der Waals surface area contributed by atoms with Gasteiger partial charge in [0, 0.05) is 37.5 Å². The monoisotopic (exact) mass is 477 g/mol. The van der Waals surface area contributed by atoms with Crippen LogP contribution in [0.1, 0.15) is 40.5 Å². The highest BCUT2D eigenvalue weighted by Gasteiger charge is 2.76. The molecule has 3 unspecified atom stereocenters. The Morgan fingerprint density at radius 2 is 1.94 bits per heavy atom. The summed E-state index contributed by atoms with van der Waals surface area (Å²) in [6.45, 7) is 17.0. The number of β-amino-alcohol motifs (C(OH)–C–C–N with tert-alkyl or cyclic N) is 1. The molecule has 3 amide bonds. The first-order valence-electron chi connectivity index (χ1n) is 12.1. The number of amides is 3. The van der Waals surface area contributed by atoms with Gasteiger partial charge in [-0.1, -0.05) is 26.0 Å². The third-order valence-corrected chi connectivity index (χ3v) is 9.57. The Balaban J connectivity index is 2.07. The van der Waals surface area contributed by atoms with Gasteiger partial charge in [0.15, 0.2) is 0 Å². The number of likely N-dealkylation sites (tertiary alicyclic amines) is 1. The van der Waals surface area contributed by atoms with Crippen molar-refractivity contribution in [2.24, 2.45) is 17.8 Å². The van der Waals surface area contributed by atoms with Gasteiger partial charge in [-0.25, -0.2) is 0 Å². The number of aliphatic hydroxyl groups is 1. The van der Waals surface area contributed by atoms with Crippen LogP contribution < -0.4 is 0 Å². The molecule has 184 valence electrons. The SMILES string of the molecule is C=CCN(CCC)C(=O)[C@@H]1[C@@H]2CC(C)C3(S2)C(C(=O)N(CC=C)C(C)C)N(CCO)C(=O)[C@H]13. The number of carbonyl (C=O) groups is 3. The van der Waals surface area contributed by atoms with Crippen molar-refractivity contribution in [3.05, 3.63) is 25.3 Å². The highest BCUT2D eigenvalue weighted by Crippen LogP contribution is 2.68.